The molecule has 0 spiro atoms. The second-order valence-corrected chi connectivity index (χ2v) is 8.28. The van der Waals surface area contributed by atoms with E-state index in [1.54, 1.807) is 7.11 Å². The van der Waals surface area contributed by atoms with Crippen LogP contribution in [0.3, 0.4) is 0 Å². The minimum absolute atomic E-state index is 0. The van der Waals surface area contributed by atoms with Crippen molar-refractivity contribution in [1.82, 2.24) is 10.2 Å². The third-order valence-corrected chi connectivity index (χ3v) is 6.25. The van der Waals surface area contributed by atoms with Crippen LogP contribution in [0.25, 0.3) is 0 Å². The molecule has 0 aliphatic carbocycles. The second-order valence-electron chi connectivity index (χ2n) is 8.28. The smallest absolute Gasteiger partial charge is 0.194 e. The van der Waals surface area contributed by atoms with E-state index in [0.29, 0.717) is 5.92 Å². The van der Waals surface area contributed by atoms with E-state index < -0.39 is 0 Å². The van der Waals surface area contributed by atoms with Crippen molar-refractivity contribution in [2.45, 2.75) is 13.3 Å². The van der Waals surface area contributed by atoms with Crippen molar-refractivity contribution >= 4 is 41.3 Å². The molecule has 2 fully saturated rings. The van der Waals surface area contributed by atoms with Gasteiger partial charge < -0.3 is 24.8 Å². The van der Waals surface area contributed by atoms with Gasteiger partial charge in [0.2, 0.25) is 0 Å². The van der Waals surface area contributed by atoms with Crippen molar-refractivity contribution in [3.63, 3.8) is 0 Å². The predicted octanol–water partition coefficient (Wildman–Crippen LogP) is 3.93. The molecule has 174 valence electrons. The highest BCUT2D eigenvalue weighted by Crippen LogP contribution is 2.28. The van der Waals surface area contributed by atoms with Gasteiger partial charge in [-0.05, 0) is 43.5 Å². The van der Waals surface area contributed by atoms with Crippen molar-refractivity contribution in [2.24, 2.45) is 10.9 Å². The van der Waals surface area contributed by atoms with Crippen LogP contribution in [0.4, 0.5) is 11.4 Å². The Hall–Kier alpha value is -2.16. The number of guanidine groups is 1. The second kappa shape index (κ2) is 12.2. The molecule has 0 bridgehead atoms. The highest BCUT2D eigenvalue weighted by Gasteiger charge is 2.24. The zero-order chi connectivity index (χ0) is 21.5. The van der Waals surface area contributed by atoms with E-state index >= 15 is 0 Å². The van der Waals surface area contributed by atoms with Gasteiger partial charge in [-0.25, -0.2) is 0 Å². The van der Waals surface area contributed by atoms with Gasteiger partial charge in [0.05, 0.1) is 12.8 Å². The first-order valence-electron chi connectivity index (χ1n) is 11.5. The van der Waals surface area contributed by atoms with Crippen LogP contribution in [-0.2, 0) is 0 Å². The lowest BCUT2D eigenvalue weighted by Gasteiger charge is -2.38. The van der Waals surface area contributed by atoms with Gasteiger partial charge in [0.1, 0.15) is 5.75 Å². The quantitative estimate of drug-likeness (QED) is 0.336. The van der Waals surface area contributed by atoms with Gasteiger partial charge in [-0.15, -0.1) is 24.0 Å². The predicted molar refractivity (Wildman–Crippen MR) is 145 cm³/mol. The zero-order valence-electron chi connectivity index (χ0n) is 19.2. The molecule has 2 aliphatic rings. The normalized spacial score (nSPS) is 19.0. The molecule has 6 nitrogen and oxygen atoms in total. The van der Waals surface area contributed by atoms with Crippen LogP contribution < -0.4 is 19.9 Å². The first-order chi connectivity index (χ1) is 15.3. The van der Waals surface area contributed by atoms with Crippen molar-refractivity contribution in [3.8, 4) is 5.75 Å². The summed E-state index contributed by atoms with van der Waals surface area (Å²) >= 11 is 0. The number of rotatable bonds is 6. The van der Waals surface area contributed by atoms with Crippen molar-refractivity contribution < 1.29 is 4.74 Å². The summed E-state index contributed by atoms with van der Waals surface area (Å²) in [4.78, 5) is 12.3. The molecule has 2 saturated heterocycles. The number of aliphatic imine (C=N–C) groups is 1. The monoisotopic (exact) mass is 549 g/mol. The number of hydrogen-bond donors (Lipinski definition) is 1. The molecule has 0 aromatic heterocycles. The van der Waals surface area contributed by atoms with E-state index in [4.69, 9.17) is 9.73 Å². The molecular weight excluding hydrogens is 513 g/mol. The minimum atomic E-state index is 0. The number of anilines is 2. The van der Waals surface area contributed by atoms with Crippen LogP contribution in [0.15, 0.2) is 59.6 Å². The van der Waals surface area contributed by atoms with Gasteiger partial charge in [0.15, 0.2) is 5.96 Å². The Morgan fingerprint density at radius 1 is 0.969 bits per heavy atom. The molecule has 0 amide bonds. The molecule has 2 aliphatic heterocycles. The van der Waals surface area contributed by atoms with E-state index in [9.17, 15) is 0 Å². The largest absolute Gasteiger partial charge is 0.495 e. The molecule has 0 saturated carbocycles. The van der Waals surface area contributed by atoms with Crippen LogP contribution in [-0.4, -0.2) is 70.3 Å². The fraction of sp³-hybridized carbons (Fsp3) is 0.480. The molecule has 32 heavy (non-hydrogen) atoms. The Kier molecular flexibility index (Phi) is 9.32. The van der Waals surface area contributed by atoms with Crippen LogP contribution in [0.2, 0.25) is 0 Å². The first-order valence-corrected chi connectivity index (χ1v) is 11.5. The summed E-state index contributed by atoms with van der Waals surface area (Å²) in [5.41, 5.74) is 2.51. The summed E-state index contributed by atoms with van der Waals surface area (Å²) in [5.74, 6) is 2.62. The zero-order valence-corrected chi connectivity index (χ0v) is 21.6. The first kappa shape index (κ1) is 24.5. The highest BCUT2D eigenvalue weighted by molar-refractivity contribution is 14.0. The van der Waals surface area contributed by atoms with Gasteiger partial charge >= 0.3 is 0 Å². The van der Waals surface area contributed by atoms with E-state index in [0.717, 1.165) is 64.1 Å². The summed E-state index contributed by atoms with van der Waals surface area (Å²) in [6.07, 6.45) is 1.21. The van der Waals surface area contributed by atoms with E-state index in [2.05, 4.69) is 69.4 Å². The SMILES string of the molecule is CCNC(=NCC1CCN(c2ccccc2)C1)N1CCN(c2ccccc2OC)CC1.I. The number of nitrogens with zero attached hydrogens (tertiary/aromatic N) is 4. The Morgan fingerprint density at radius 3 is 2.41 bits per heavy atom. The molecule has 4 rings (SSSR count). The van der Waals surface area contributed by atoms with Gasteiger partial charge in [0.25, 0.3) is 0 Å². The van der Waals surface area contributed by atoms with E-state index in [1.807, 2.05) is 12.1 Å². The van der Waals surface area contributed by atoms with E-state index in [-0.39, 0.29) is 24.0 Å². The lowest BCUT2D eigenvalue weighted by molar-refractivity contribution is 0.366. The Labute approximate surface area is 209 Å². The Balaban J connectivity index is 0.00000289. The number of piperazine rings is 1. The van der Waals surface area contributed by atoms with Gasteiger partial charge in [-0.1, -0.05) is 30.3 Å². The van der Waals surface area contributed by atoms with Crippen molar-refractivity contribution in [3.05, 3.63) is 54.6 Å². The van der Waals surface area contributed by atoms with Crippen LogP contribution in [0.1, 0.15) is 13.3 Å². The number of hydrogen-bond acceptors (Lipinski definition) is 4. The molecule has 1 N–H and O–H groups in total. The topological polar surface area (TPSA) is 43.3 Å². The number of benzene rings is 2. The summed E-state index contributed by atoms with van der Waals surface area (Å²) in [5, 5.41) is 3.52. The average Bonchev–Trinajstić information content (AvgIpc) is 3.31. The van der Waals surface area contributed by atoms with Crippen molar-refractivity contribution in [1.29, 1.82) is 0 Å². The molecule has 2 aromatic carbocycles. The summed E-state index contributed by atoms with van der Waals surface area (Å²) in [6, 6.07) is 19.0. The Bertz CT molecular complexity index is 854. The molecule has 1 unspecified atom stereocenters. The Morgan fingerprint density at radius 2 is 1.69 bits per heavy atom. The number of methoxy groups -OCH3 is 1. The third-order valence-electron chi connectivity index (χ3n) is 6.25. The number of para-hydroxylation sites is 3. The minimum Gasteiger partial charge on any atom is -0.495 e. The van der Waals surface area contributed by atoms with Crippen LogP contribution in [0, 0.1) is 5.92 Å². The molecule has 2 aromatic rings. The maximum absolute atomic E-state index is 5.55. The summed E-state index contributed by atoms with van der Waals surface area (Å²) in [6.45, 7) is 10.0. The molecule has 0 radical (unpaired) electrons. The maximum atomic E-state index is 5.55. The summed E-state index contributed by atoms with van der Waals surface area (Å²) < 4.78 is 5.55. The van der Waals surface area contributed by atoms with Gasteiger partial charge in [-0.2, -0.15) is 0 Å². The standard InChI is InChI=1S/C25H35N5O.HI/c1-3-26-25(27-19-21-13-14-30(20-21)22-9-5-4-6-10-22)29-17-15-28(16-18-29)23-11-7-8-12-24(23)31-2;/h4-12,21H,3,13-20H2,1-2H3,(H,26,27);1H. The average molecular weight is 550 g/mol. The molecule has 2 heterocycles. The highest BCUT2D eigenvalue weighted by atomic mass is 127. The molecular formula is C25H36IN5O. The summed E-state index contributed by atoms with van der Waals surface area (Å²) in [7, 11) is 1.74. The number of nitrogens with one attached hydrogen (secondary N) is 1. The number of ether oxygens (including phenoxy) is 1. The lowest BCUT2D eigenvalue weighted by Crippen LogP contribution is -2.52. The fourth-order valence-electron chi connectivity index (χ4n) is 4.55. The van der Waals surface area contributed by atoms with Gasteiger partial charge in [0, 0.05) is 58.0 Å². The molecule has 1 atom stereocenters. The lowest BCUT2D eigenvalue weighted by atomic mass is 10.1. The third kappa shape index (κ3) is 5.99. The molecule has 7 heteroatoms. The van der Waals surface area contributed by atoms with Crippen LogP contribution in [0.5, 0.6) is 5.75 Å². The maximum Gasteiger partial charge on any atom is 0.194 e. The van der Waals surface area contributed by atoms with Gasteiger partial charge in [-0.3, -0.25) is 4.99 Å². The number of halogens is 1. The van der Waals surface area contributed by atoms with Crippen molar-refractivity contribution in [2.75, 3.05) is 69.3 Å². The van der Waals surface area contributed by atoms with E-state index in [1.165, 1.54) is 17.8 Å². The van der Waals surface area contributed by atoms with Crippen LogP contribution >= 0.6 is 24.0 Å². The fourth-order valence-corrected chi connectivity index (χ4v) is 4.55.